The molecule has 14 aromatic carbocycles. The molecule has 7 heterocycles. The highest BCUT2D eigenvalue weighted by Crippen LogP contribution is 2.49. The van der Waals surface area contributed by atoms with Gasteiger partial charge < -0.3 is 57.6 Å². The summed E-state index contributed by atoms with van der Waals surface area (Å²) in [5.74, 6) is 0.865. The molecule has 21 rings (SSSR count). The Morgan fingerprint density at radius 2 is 0.662 bits per heavy atom. The van der Waals surface area contributed by atoms with Gasteiger partial charge in [-0.15, -0.1) is 0 Å². The minimum atomic E-state index is -0.0255. The monoisotopic (exact) mass is 1990 g/mol. The fraction of sp³-hybridized carbons (Fsp3) is 0.232. The van der Waals surface area contributed by atoms with Crippen molar-refractivity contribution in [3.8, 4) is 0 Å². The van der Waals surface area contributed by atoms with E-state index in [1.807, 2.05) is 294 Å². The number of piperazine rings is 1. The van der Waals surface area contributed by atoms with Crippen molar-refractivity contribution in [3.05, 3.63) is 388 Å². The van der Waals surface area contributed by atoms with Crippen LogP contribution in [0, 0.1) is 0 Å². The number of carbonyl (C=O) groups is 9. The summed E-state index contributed by atoms with van der Waals surface area (Å²) in [4.78, 5) is 134. The number of pyridine rings is 1. The molecule has 148 heavy (non-hydrogen) atoms. The first-order valence-corrected chi connectivity index (χ1v) is 50.5. The lowest BCUT2D eigenvalue weighted by Crippen LogP contribution is -2.44. The molecular weight excluding hydrogens is 1860 g/mol. The zero-order valence-corrected chi connectivity index (χ0v) is 88.9. The number of hydrogen-bond donors (Lipinski definition) is 0. The summed E-state index contributed by atoms with van der Waals surface area (Å²) in [6.07, 6.45) is 2.05. The van der Waals surface area contributed by atoms with Gasteiger partial charge in [-0.1, -0.05) is 84.6 Å². The highest BCUT2D eigenvalue weighted by atomic mass is 32.2. The molecule has 22 nitrogen and oxygen atoms in total. The minimum absolute atomic E-state index is 0.0107. The lowest BCUT2D eigenvalue weighted by atomic mass is 10.0. The van der Waals surface area contributed by atoms with Gasteiger partial charge in [0, 0.05) is 240 Å². The fourth-order valence-electron chi connectivity index (χ4n) is 17.9. The molecule has 2 fully saturated rings. The van der Waals surface area contributed by atoms with Crippen molar-refractivity contribution in [1.82, 2.24) is 18.6 Å². The Morgan fingerprint density at radius 3 is 1.18 bits per heavy atom. The topological polar surface area (TPSA) is 221 Å². The molecule has 2 saturated heterocycles. The Balaban J connectivity index is 0.000000139. The molecule has 0 spiro atoms. The average molecular weight is 2000 g/mol. The van der Waals surface area contributed by atoms with Gasteiger partial charge in [0.05, 0.1) is 58.4 Å². The number of anilines is 11. The number of aryl methyl sites for hydroxylation is 3. The third-order valence-corrected chi connectivity index (χ3v) is 27.9. The van der Waals surface area contributed by atoms with Crippen LogP contribution in [0.1, 0.15) is 169 Å². The van der Waals surface area contributed by atoms with E-state index >= 15 is 0 Å². The van der Waals surface area contributed by atoms with E-state index in [1.165, 1.54) is 51.0 Å². The summed E-state index contributed by atoms with van der Waals surface area (Å²) in [6.45, 7) is 27.9. The Kier molecular flexibility index (Phi) is 37.2. The van der Waals surface area contributed by atoms with E-state index in [1.54, 1.807) is 79.3 Å². The number of carbonyl (C=O) groups excluding carboxylic acids is 9. The van der Waals surface area contributed by atoms with Crippen LogP contribution in [-0.4, -0.2) is 172 Å². The third-order valence-electron chi connectivity index (χ3n) is 26.8. The Labute approximate surface area is 872 Å². The maximum absolute atomic E-state index is 12.6. The van der Waals surface area contributed by atoms with Gasteiger partial charge in [-0.25, -0.2) is 0 Å². The maximum atomic E-state index is 12.6. The quantitative estimate of drug-likeness (QED) is 0.0648. The van der Waals surface area contributed by atoms with Crippen molar-refractivity contribution in [1.29, 1.82) is 0 Å². The first kappa shape index (κ1) is 109. The summed E-state index contributed by atoms with van der Waals surface area (Å²) in [7, 11) is 16.3. The Bertz CT molecular complexity index is 7730. The SMILES string of the molecule is CC(=O)c1ccc(N(C)C)cc1.CC(=O)c1ccc(N(C)c2ccccc2)cc1.CC(=O)c1ccc(N2CCN(C)CC2)cc1.CC(=O)c1ccc(N2CCOCC2)cc1.CC(=O)c1ccc2c(c1)N(C)c1ccccc1N2C.CC(=O)c1ccc2c(c1)Sc1ccccc1N2C.CC(=O)c1ccc2c(c1)c1ccccc1n2C.CCn1c2ccccc2c(=O)c2cc(C(C)=O)ccc21.CCn1ccc2cc(C(C)=O)ccc21. The maximum Gasteiger partial charge on any atom is 0.197 e. The van der Waals surface area contributed by atoms with E-state index in [2.05, 4.69) is 145 Å². The van der Waals surface area contributed by atoms with E-state index in [-0.39, 0.29) is 57.5 Å². The number of para-hydroxylation sites is 6. The molecular formula is C125H131N11O11S. The molecule has 0 radical (unpaired) electrons. The lowest BCUT2D eigenvalue weighted by Gasteiger charge is -2.36. The predicted octanol–water partition coefficient (Wildman–Crippen LogP) is 26.6. The van der Waals surface area contributed by atoms with Gasteiger partial charge >= 0.3 is 0 Å². The van der Waals surface area contributed by atoms with Crippen molar-refractivity contribution >= 4 is 181 Å². The molecule has 4 aliphatic heterocycles. The second-order valence-corrected chi connectivity index (χ2v) is 38.1. The Hall–Kier alpha value is -16.2. The van der Waals surface area contributed by atoms with Gasteiger partial charge in [-0.05, 0) is 332 Å². The molecule has 4 aliphatic rings. The Morgan fingerprint density at radius 1 is 0.297 bits per heavy atom. The van der Waals surface area contributed by atoms with Crippen LogP contribution in [0.15, 0.2) is 342 Å². The van der Waals surface area contributed by atoms with E-state index in [0.29, 0.717) is 16.3 Å². The number of nitrogens with zero attached hydrogens (tertiary/aromatic N) is 11. The van der Waals surface area contributed by atoms with E-state index in [9.17, 15) is 47.9 Å². The lowest BCUT2D eigenvalue weighted by molar-refractivity contribution is 0.100. The number of hydrogen-bond acceptors (Lipinski definition) is 20. The predicted molar refractivity (Wildman–Crippen MR) is 611 cm³/mol. The van der Waals surface area contributed by atoms with E-state index < -0.39 is 0 Å². The molecule has 0 amide bonds. The first-order valence-electron chi connectivity index (χ1n) is 49.7. The van der Waals surface area contributed by atoms with Crippen LogP contribution in [0.5, 0.6) is 0 Å². The van der Waals surface area contributed by atoms with Gasteiger partial charge in [0.25, 0.3) is 0 Å². The van der Waals surface area contributed by atoms with E-state index in [4.69, 9.17) is 4.74 Å². The smallest absolute Gasteiger partial charge is 0.197 e. The molecule has 17 aromatic rings. The average Bonchev–Trinajstić information content (AvgIpc) is 1.56. The summed E-state index contributed by atoms with van der Waals surface area (Å²) in [5, 5.41) is 4.80. The summed E-state index contributed by atoms with van der Waals surface area (Å²) in [6, 6.07) is 104. The molecule has 0 aliphatic carbocycles. The second-order valence-electron chi connectivity index (χ2n) is 37.0. The van der Waals surface area contributed by atoms with Crippen LogP contribution in [-0.2, 0) is 24.9 Å². The summed E-state index contributed by atoms with van der Waals surface area (Å²) < 4.78 is 11.7. The largest absolute Gasteiger partial charge is 0.378 e. The molecule has 3 aromatic heterocycles. The van der Waals surface area contributed by atoms with Crippen molar-refractivity contribution in [3.63, 3.8) is 0 Å². The zero-order valence-electron chi connectivity index (χ0n) is 88.1. The number of likely N-dealkylation sites (N-methyl/N-ethyl adjacent to an activating group) is 1. The molecule has 0 saturated carbocycles. The summed E-state index contributed by atoms with van der Waals surface area (Å²) in [5.41, 5.74) is 24.6. The van der Waals surface area contributed by atoms with Gasteiger partial charge in [0.15, 0.2) is 57.5 Å². The molecule has 0 N–H and O–H groups in total. The third kappa shape index (κ3) is 26.7. The normalized spacial score (nSPS) is 12.5. The number of ether oxygens (including phenoxy) is 1. The summed E-state index contributed by atoms with van der Waals surface area (Å²) >= 11 is 1.72. The molecule has 758 valence electrons. The number of fused-ring (bicyclic) bond motifs is 10. The number of benzene rings is 14. The second kappa shape index (κ2) is 50.5. The van der Waals surface area contributed by atoms with Crippen molar-refractivity contribution < 1.29 is 47.9 Å². The molecule has 0 atom stereocenters. The van der Waals surface area contributed by atoms with Crippen LogP contribution in [0.3, 0.4) is 0 Å². The minimum Gasteiger partial charge on any atom is -0.378 e. The zero-order chi connectivity index (χ0) is 106. The van der Waals surface area contributed by atoms with Crippen LogP contribution < -0.4 is 39.7 Å². The standard InChI is InChI=1S/C17H15NO2.C16H16N2O.C15H13NOS.C15H13NO.C15H15NO.C13H18N2O.C12H15NO2.C12H13NO.C10H13NO/c1-3-18-15-7-5-4-6-13(15)17(20)14-10-12(11(2)19)8-9-16(14)18;1-11(19)12-8-9-15-16(10-12)18(3)14-7-5-4-6-13(14)17(15)2;1-10(17)11-7-8-13-15(9-11)18-14-6-4-3-5-12(14)16(13)2;1-10(17)11-7-8-15-13(9-11)12-5-3-4-6-14(12)16(15)2;1-12(17)13-8-10-15(11-9-13)16(2)14-6-4-3-5-7-14;1-11(16)12-3-5-13(6-4-12)15-9-7-14(2)8-10-15;1-10(14)11-2-4-12(5-3-11)13-6-8-15-9-7-13;1-3-13-7-6-11-8-10(9(2)14)4-5-12(11)13;1-8(12)9-4-6-10(7-5-9)11(2)3/h4-10H,3H2,1-2H3;4-10H,1-3H3;3-9H,1-2H3;3-9H,1-2H3;3-11H,1-2H3;3-6H,7-10H2,1-2H3;2-5H,6-9H2,1H3;4-8H,3H2,1-2H3;4-7H,1-3H3. The highest BCUT2D eigenvalue weighted by Gasteiger charge is 2.27. The number of Topliss-reactive ketones (excluding diaryl/α,β-unsaturated/α-hetero) is 9. The van der Waals surface area contributed by atoms with Gasteiger partial charge in [0.2, 0.25) is 0 Å². The van der Waals surface area contributed by atoms with Crippen LogP contribution in [0.2, 0.25) is 0 Å². The highest BCUT2D eigenvalue weighted by molar-refractivity contribution is 7.99. The van der Waals surface area contributed by atoms with E-state index in [0.717, 1.165) is 182 Å². The van der Waals surface area contributed by atoms with Crippen LogP contribution >= 0.6 is 11.8 Å². The number of morpholine rings is 1. The van der Waals surface area contributed by atoms with Crippen LogP contribution in [0.4, 0.5) is 62.6 Å². The fourth-order valence-corrected chi connectivity index (χ4v) is 19.1. The number of ketones is 9. The van der Waals surface area contributed by atoms with Crippen molar-refractivity contribution in [2.45, 2.75) is 99.0 Å². The molecule has 0 unspecified atom stereocenters. The number of aromatic nitrogens is 3. The van der Waals surface area contributed by atoms with Gasteiger partial charge in [0.1, 0.15) is 0 Å². The van der Waals surface area contributed by atoms with Crippen molar-refractivity contribution in [2.24, 2.45) is 7.05 Å². The molecule has 0 bridgehead atoms. The van der Waals surface area contributed by atoms with Crippen LogP contribution in [0.25, 0.3) is 54.5 Å². The van der Waals surface area contributed by atoms with Gasteiger partial charge in [-0.2, -0.15) is 0 Å². The van der Waals surface area contributed by atoms with Crippen molar-refractivity contribution in [2.75, 3.05) is 136 Å². The first-order chi connectivity index (χ1) is 71.0. The van der Waals surface area contributed by atoms with Gasteiger partial charge in [-0.3, -0.25) is 47.9 Å². The number of rotatable bonds is 16. The molecule has 23 heteroatoms.